The summed E-state index contributed by atoms with van der Waals surface area (Å²) in [6.45, 7) is 6.89. The van der Waals surface area contributed by atoms with Crippen LogP contribution < -0.4 is 16.5 Å². The fraction of sp³-hybridized carbons (Fsp3) is 0.182. The Bertz CT molecular complexity index is 949. The maximum atomic E-state index is 13.1. The molecule has 2 atom stereocenters. The number of nitrogens with two attached hydrogens (primary N) is 1. The molecule has 2 amide bonds. The van der Waals surface area contributed by atoms with Gasteiger partial charge in [0.1, 0.15) is 17.3 Å². The molecule has 0 aliphatic carbocycles. The lowest BCUT2D eigenvalue weighted by Gasteiger charge is -2.32. The second-order valence-corrected chi connectivity index (χ2v) is 6.42. The zero-order valence-electron chi connectivity index (χ0n) is 16.7. The molecule has 0 aromatic heterocycles. The van der Waals surface area contributed by atoms with Crippen molar-refractivity contribution in [1.82, 2.24) is 10.8 Å². The molecular formula is C22H23F2N3O4. The Kier molecular flexibility index (Phi) is 9.34. The van der Waals surface area contributed by atoms with Crippen LogP contribution in [0.5, 0.6) is 5.75 Å². The smallest absolute Gasteiger partial charge is 0.268 e. The van der Waals surface area contributed by atoms with Gasteiger partial charge >= 0.3 is 0 Å². The van der Waals surface area contributed by atoms with E-state index in [2.05, 4.69) is 30.3 Å². The highest BCUT2D eigenvalue weighted by atomic mass is 19.3. The van der Waals surface area contributed by atoms with Gasteiger partial charge < -0.3 is 16.2 Å². The van der Waals surface area contributed by atoms with Crippen LogP contribution >= 0.6 is 0 Å². The van der Waals surface area contributed by atoms with Gasteiger partial charge in [0.25, 0.3) is 18.2 Å². The number of rotatable bonds is 5. The van der Waals surface area contributed by atoms with E-state index in [4.69, 9.17) is 10.9 Å². The first kappa shape index (κ1) is 25.3. The molecule has 0 saturated carbocycles. The van der Waals surface area contributed by atoms with E-state index in [1.165, 1.54) is 41.9 Å². The number of carbonyl (C=O) groups excluding carboxylic acids is 2. The number of carbonyl (C=O) groups is 2. The molecule has 2 unspecified atom stereocenters. The Morgan fingerprint density at radius 2 is 1.48 bits per heavy atom. The molecule has 31 heavy (non-hydrogen) atoms. The van der Waals surface area contributed by atoms with Gasteiger partial charge in [0.15, 0.2) is 0 Å². The van der Waals surface area contributed by atoms with Crippen molar-refractivity contribution in [2.45, 2.75) is 24.9 Å². The minimum absolute atomic E-state index is 0.0842. The first-order chi connectivity index (χ1) is 14.6. The molecular weight excluding hydrogens is 408 g/mol. The maximum Gasteiger partial charge on any atom is 0.268 e. The van der Waals surface area contributed by atoms with Crippen molar-refractivity contribution in [1.29, 1.82) is 0 Å². The van der Waals surface area contributed by atoms with Crippen LogP contribution in [-0.4, -0.2) is 40.1 Å². The normalized spacial score (nSPS) is 12.8. The molecule has 0 aliphatic rings. The fourth-order valence-corrected chi connectivity index (χ4v) is 2.30. The van der Waals surface area contributed by atoms with E-state index in [1.54, 1.807) is 12.1 Å². The van der Waals surface area contributed by atoms with Gasteiger partial charge in [-0.1, -0.05) is 11.8 Å². The highest BCUT2D eigenvalue weighted by Crippen LogP contribution is 2.18. The van der Waals surface area contributed by atoms with Crippen LogP contribution in [0.2, 0.25) is 0 Å². The summed E-state index contributed by atoms with van der Waals surface area (Å²) in [6, 6.07) is 10.3. The van der Waals surface area contributed by atoms with E-state index in [9.17, 15) is 23.5 Å². The van der Waals surface area contributed by atoms with Crippen LogP contribution in [0.15, 0.2) is 61.7 Å². The molecule has 2 aromatic rings. The second-order valence-electron chi connectivity index (χ2n) is 6.42. The van der Waals surface area contributed by atoms with Crippen molar-refractivity contribution >= 4 is 11.8 Å². The fourth-order valence-electron chi connectivity index (χ4n) is 2.30. The number of hydrogen-bond donors (Lipinski definition) is 5. The standard InChI is InChI=1S/C20H19F2N3O4.C2H4/c1-20(23,19(21)22)16(18(28)25-29)24-17(27)14-8-4-12(5-9-14)2-3-13-6-10-15(26)11-7-13;1-2/h4-11,16,19,26,29H,23H2,1H3,(H,24,27)(H,25,28);1-2H2. The van der Waals surface area contributed by atoms with Gasteiger partial charge in [0.2, 0.25) is 0 Å². The van der Waals surface area contributed by atoms with Gasteiger partial charge in [-0.15, -0.1) is 13.2 Å². The van der Waals surface area contributed by atoms with Gasteiger partial charge in [0, 0.05) is 16.7 Å². The third kappa shape index (κ3) is 6.92. The van der Waals surface area contributed by atoms with Gasteiger partial charge in [0.05, 0.1) is 0 Å². The zero-order chi connectivity index (χ0) is 23.6. The summed E-state index contributed by atoms with van der Waals surface area (Å²) in [5, 5.41) is 20.1. The van der Waals surface area contributed by atoms with Crippen LogP contribution in [-0.2, 0) is 4.79 Å². The Labute approximate surface area is 178 Å². The SMILES string of the molecule is C=C.CC(N)(C(F)F)C(NC(=O)c1ccc(C#Cc2ccc(O)cc2)cc1)C(=O)NO. The van der Waals surface area contributed by atoms with E-state index in [0.29, 0.717) is 11.1 Å². The number of hydroxylamine groups is 1. The van der Waals surface area contributed by atoms with E-state index >= 15 is 0 Å². The van der Waals surface area contributed by atoms with Crippen LogP contribution in [0, 0.1) is 11.8 Å². The molecule has 0 aliphatic heterocycles. The summed E-state index contributed by atoms with van der Waals surface area (Å²) in [6.07, 6.45) is -3.14. The van der Waals surface area contributed by atoms with Gasteiger partial charge in [-0.3, -0.25) is 14.8 Å². The molecule has 0 fully saturated rings. The summed E-state index contributed by atoms with van der Waals surface area (Å²) >= 11 is 0. The number of halogens is 2. The third-order valence-electron chi connectivity index (χ3n) is 4.11. The average Bonchev–Trinajstić information content (AvgIpc) is 2.77. The predicted molar refractivity (Wildman–Crippen MR) is 112 cm³/mol. The molecule has 0 saturated heterocycles. The van der Waals surface area contributed by atoms with Crippen molar-refractivity contribution in [3.05, 3.63) is 78.4 Å². The van der Waals surface area contributed by atoms with E-state index in [1.807, 2.05) is 0 Å². The number of alkyl halides is 2. The molecule has 0 bridgehead atoms. The maximum absolute atomic E-state index is 13.1. The molecule has 7 nitrogen and oxygen atoms in total. The van der Waals surface area contributed by atoms with E-state index < -0.39 is 29.8 Å². The Morgan fingerprint density at radius 3 is 1.90 bits per heavy atom. The number of phenols is 1. The largest absolute Gasteiger partial charge is 0.508 e. The van der Waals surface area contributed by atoms with Crippen molar-refractivity contribution in [2.75, 3.05) is 0 Å². The molecule has 0 heterocycles. The molecule has 164 valence electrons. The number of nitrogens with one attached hydrogen (secondary N) is 2. The minimum Gasteiger partial charge on any atom is -0.508 e. The Balaban J connectivity index is 0.00000233. The second kappa shape index (κ2) is 11.4. The van der Waals surface area contributed by atoms with Crippen molar-refractivity contribution in [2.24, 2.45) is 5.73 Å². The summed E-state index contributed by atoms with van der Waals surface area (Å²) in [5.41, 5.74) is 5.63. The average molecular weight is 431 g/mol. The van der Waals surface area contributed by atoms with Crippen LogP contribution in [0.25, 0.3) is 0 Å². The number of hydrogen-bond acceptors (Lipinski definition) is 5. The molecule has 0 spiro atoms. The van der Waals surface area contributed by atoms with E-state index in [-0.39, 0.29) is 11.3 Å². The van der Waals surface area contributed by atoms with E-state index in [0.717, 1.165) is 6.92 Å². The summed E-state index contributed by atoms with van der Waals surface area (Å²) < 4.78 is 26.3. The number of aromatic hydroxyl groups is 1. The van der Waals surface area contributed by atoms with Crippen molar-refractivity contribution < 1.29 is 28.7 Å². The van der Waals surface area contributed by atoms with Crippen LogP contribution in [0.4, 0.5) is 8.78 Å². The quantitative estimate of drug-likeness (QED) is 0.215. The van der Waals surface area contributed by atoms with Gasteiger partial charge in [-0.2, -0.15) is 0 Å². The van der Waals surface area contributed by atoms with Gasteiger partial charge in [-0.25, -0.2) is 14.3 Å². The highest BCUT2D eigenvalue weighted by Gasteiger charge is 2.44. The summed E-state index contributed by atoms with van der Waals surface area (Å²) in [5.74, 6) is 3.79. The number of benzene rings is 2. The molecule has 6 N–H and O–H groups in total. The predicted octanol–water partition coefficient (Wildman–Crippen LogP) is 2.18. The van der Waals surface area contributed by atoms with Crippen molar-refractivity contribution in [3.63, 3.8) is 0 Å². The highest BCUT2D eigenvalue weighted by molar-refractivity contribution is 5.98. The lowest BCUT2D eigenvalue weighted by molar-refractivity contribution is -0.134. The first-order valence-electron chi connectivity index (χ1n) is 8.88. The molecule has 2 rings (SSSR count). The third-order valence-corrected chi connectivity index (χ3v) is 4.11. The lowest BCUT2D eigenvalue weighted by atomic mass is 9.92. The van der Waals surface area contributed by atoms with Crippen LogP contribution in [0.3, 0.4) is 0 Å². The molecule has 2 aromatic carbocycles. The lowest BCUT2D eigenvalue weighted by Crippen LogP contribution is -2.66. The molecule has 0 radical (unpaired) electrons. The zero-order valence-corrected chi connectivity index (χ0v) is 16.7. The monoisotopic (exact) mass is 431 g/mol. The van der Waals surface area contributed by atoms with Crippen LogP contribution in [0.1, 0.15) is 28.4 Å². The summed E-state index contributed by atoms with van der Waals surface area (Å²) in [4.78, 5) is 24.0. The summed E-state index contributed by atoms with van der Waals surface area (Å²) in [7, 11) is 0. The van der Waals surface area contributed by atoms with Crippen molar-refractivity contribution in [3.8, 4) is 17.6 Å². The Morgan fingerprint density at radius 1 is 1.03 bits per heavy atom. The molecule has 9 heteroatoms. The topological polar surface area (TPSA) is 125 Å². The Hall–Kier alpha value is -3.74. The number of phenolic OH excluding ortho intramolecular Hbond substituents is 1. The minimum atomic E-state index is -3.14. The van der Waals surface area contributed by atoms with Gasteiger partial charge in [-0.05, 0) is 55.5 Å². The first-order valence-corrected chi connectivity index (χ1v) is 8.88. The number of amides is 2.